The highest BCUT2D eigenvalue weighted by atomic mass is 32.2. The molecule has 0 bridgehead atoms. The smallest absolute Gasteiger partial charge is 0.254 e. The molecule has 2 rings (SSSR count). The molecule has 7 heteroatoms. The second-order valence-electron chi connectivity index (χ2n) is 4.58. The van der Waals surface area contributed by atoms with Crippen LogP contribution in [-0.4, -0.2) is 21.6 Å². The summed E-state index contributed by atoms with van der Waals surface area (Å²) in [4.78, 5) is 30.4. The summed E-state index contributed by atoms with van der Waals surface area (Å²) >= 11 is 1.14. The number of nitrogens with zero attached hydrogens (tertiary/aromatic N) is 2. The zero-order valence-electron chi connectivity index (χ0n) is 12.1. The standard InChI is InChI=1S/C15H14N4O2S/c1-9-10(2)17-15(19-14(9)21)22-8-13(20)18-12-6-4-3-5-11(12)7-16/h3-6H,8H2,1-2H3,(H,18,20)(H,17,19,21). The van der Waals surface area contributed by atoms with Crippen molar-refractivity contribution in [2.45, 2.75) is 19.0 Å². The van der Waals surface area contributed by atoms with Gasteiger partial charge in [-0.1, -0.05) is 23.9 Å². The number of benzene rings is 1. The Labute approximate surface area is 131 Å². The Hall–Kier alpha value is -2.59. The molecule has 1 amide bonds. The Morgan fingerprint density at radius 2 is 2.14 bits per heavy atom. The van der Waals surface area contributed by atoms with E-state index in [4.69, 9.17) is 5.26 Å². The van der Waals surface area contributed by atoms with Gasteiger partial charge in [0.25, 0.3) is 5.56 Å². The molecule has 0 spiro atoms. The highest BCUT2D eigenvalue weighted by Gasteiger charge is 2.09. The van der Waals surface area contributed by atoms with Crippen molar-refractivity contribution in [3.8, 4) is 6.07 Å². The quantitative estimate of drug-likeness (QED) is 0.664. The fraction of sp³-hybridized carbons (Fsp3) is 0.200. The normalized spacial score (nSPS) is 10.0. The summed E-state index contributed by atoms with van der Waals surface area (Å²) in [5.41, 5.74) is 1.87. The van der Waals surface area contributed by atoms with Gasteiger partial charge in [-0.3, -0.25) is 9.59 Å². The average Bonchev–Trinajstić information content (AvgIpc) is 2.51. The van der Waals surface area contributed by atoms with E-state index in [-0.39, 0.29) is 17.2 Å². The number of hydrogen-bond acceptors (Lipinski definition) is 5. The van der Waals surface area contributed by atoms with E-state index >= 15 is 0 Å². The van der Waals surface area contributed by atoms with Gasteiger partial charge in [0, 0.05) is 11.3 Å². The predicted molar refractivity (Wildman–Crippen MR) is 84.8 cm³/mol. The first kappa shape index (κ1) is 15.8. The van der Waals surface area contributed by atoms with Crippen LogP contribution in [0.15, 0.2) is 34.2 Å². The van der Waals surface area contributed by atoms with E-state index in [1.807, 2.05) is 6.07 Å². The predicted octanol–water partition coefficient (Wildman–Crippen LogP) is 1.99. The SMILES string of the molecule is Cc1nc(SCC(=O)Nc2ccccc2C#N)[nH]c(=O)c1C. The number of aromatic amines is 1. The first-order valence-corrected chi connectivity index (χ1v) is 7.49. The van der Waals surface area contributed by atoms with Crippen molar-refractivity contribution in [2.24, 2.45) is 0 Å². The van der Waals surface area contributed by atoms with E-state index in [2.05, 4.69) is 15.3 Å². The van der Waals surface area contributed by atoms with Crippen LogP contribution in [0, 0.1) is 25.2 Å². The number of aromatic nitrogens is 2. The number of hydrogen-bond donors (Lipinski definition) is 2. The summed E-state index contributed by atoms with van der Waals surface area (Å²) in [5, 5.41) is 12.0. The molecule has 0 atom stereocenters. The lowest BCUT2D eigenvalue weighted by Crippen LogP contribution is -2.17. The van der Waals surface area contributed by atoms with Crippen LogP contribution in [0.4, 0.5) is 5.69 Å². The van der Waals surface area contributed by atoms with Crippen LogP contribution in [0.25, 0.3) is 0 Å². The number of aryl methyl sites for hydroxylation is 1. The fourth-order valence-corrected chi connectivity index (χ4v) is 2.40. The number of carbonyl (C=O) groups excluding carboxylic acids is 1. The van der Waals surface area contributed by atoms with E-state index < -0.39 is 0 Å². The van der Waals surface area contributed by atoms with Gasteiger partial charge in [0.05, 0.1) is 17.0 Å². The summed E-state index contributed by atoms with van der Waals surface area (Å²) in [6.45, 7) is 3.44. The minimum absolute atomic E-state index is 0.0885. The van der Waals surface area contributed by atoms with Crippen molar-refractivity contribution in [3.63, 3.8) is 0 Å². The maximum Gasteiger partial charge on any atom is 0.254 e. The molecule has 0 aliphatic rings. The molecule has 2 N–H and O–H groups in total. The first-order chi connectivity index (χ1) is 10.5. The third-order valence-electron chi connectivity index (χ3n) is 3.03. The van der Waals surface area contributed by atoms with Crippen LogP contribution < -0.4 is 10.9 Å². The highest BCUT2D eigenvalue weighted by molar-refractivity contribution is 7.99. The van der Waals surface area contributed by atoms with Gasteiger partial charge >= 0.3 is 0 Å². The number of amides is 1. The Morgan fingerprint density at radius 3 is 2.82 bits per heavy atom. The Kier molecular flexibility index (Phi) is 4.96. The number of rotatable bonds is 4. The Balaban J connectivity index is 2.02. The van der Waals surface area contributed by atoms with E-state index in [9.17, 15) is 9.59 Å². The summed E-state index contributed by atoms with van der Waals surface area (Å²) in [6, 6.07) is 8.78. The van der Waals surface area contributed by atoms with Crippen LogP contribution in [0.5, 0.6) is 0 Å². The number of H-pyrrole nitrogens is 1. The maximum atomic E-state index is 11.9. The van der Waals surface area contributed by atoms with Crippen molar-refractivity contribution >= 4 is 23.4 Å². The average molecular weight is 314 g/mol. The zero-order valence-corrected chi connectivity index (χ0v) is 13.0. The number of para-hydroxylation sites is 1. The molecule has 0 fully saturated rings. The molecule has 2 aromatic rings. The molecule has 0 saturated heterocycles. The molecule has 0 unspecified atom stereocenters. The molecule has 1 aromatic carbocycles. The van der Waals surface area contributed by atoms with Gasteiger partial charge in [-0.15, -0.1) is 0 Å². The Bertz CT molecular complexity index is 808. The van der Waals surface area contributed by atoms with Crippen LogP contribution >= 0.6 is 11.8 Å². The molecule has 0 saturated carbocycles. The van der Waals surface area contributed by atoms with Gasteiger partial charge in [0.15, 0.2) is 5.16 Å². The van der Waals surface area contributed by atoms with E-state index in [1.165, 1.54) is 0 Å². The van der Waals surface area contributed by atoms with Gasteiger partial charge in [0.1, 0.15) is 6.07 Å². The van der Waals surface area contributed by atoms with Gasteiger partial charge < -0.3 is 10.3 Å². The van der Waals surface area contributed by atoms with Crippen LogP contribution in [0.1, 0.15) is 16.8 Å². The molecule has 112 valence electrons. The maximum absolute atomic E-state index is 11.9. The van der Waals surface area contributed by atoms with Crippen LogP contribution in [0.2, 0.25) is 0 Å². The highest BCUT2D eigenvalue weighted by Crippen LogP contribution is 2.16. The lowest BCUT2D eigenvalue weighted by molar-refractivity contribution is -0.113. The molecule has 6 nitrogen and oxygen atoms in total. The van der Waals surface area contributed by atoms with Gasteiger partial charge in [-0.05, 0) is 26.0 Å². The van der Waals surface area contributed by atoms with Crippen LogP contribution in [-0.2, 0) is 4.79 Å². The van der Waals surface area contributed by atoms with Gasteiger partial charge in [0.2, 0.25) is 5.91 Å². The van der Waals surface area contributed by atoms with Crippen molar-refractivity contribution in [1.29, 1.82) is 5.26 Å². The van der Waals surface area contributed by atoms with Crippen molar-refractivity contribution < 1.29 is 4.79 Å². The molecule has 1 aromatic heterocycles. The third kappa shape index (κ3) is 3.74. The summed E-state index contributed by atoms with van der Waals surface area (Å²) < 4.78 is 0. The molecule has 0 aliphatic heterocycles. The summed E-state index contributed by atoms with van der Waals surface area (Å²) in [5.74, 6) is -0.181. The topological polar surface area (TPSA) is 98.6 Å². The molecule has 0 aliphatic carbocycles. The van der Waals surface area contributed by atoms with E-state index in [0.717, 1.165) is 11.8 Å². The van der Waals surface area contributed by atoms with E-state index in [0.29, 0.717) is 27.7 Å². The molecular weight excluding hydrogens is 300 g/mol. The molecule has 1 heterocycles. The summed E-state index contributed by atoms with van der Waals surface area (Å²) in [7, 11) is 0. The largest absolute Gasteiger partial charge is 0.324 e. The number of nitrogens with one attached hydrogen (secondary N) is 2. The van der Waals surface area contributed by atoms with E-state index in [1.54, 1.807) is 38.1 Å². The number of nitriles is 1. The lowest BCUT2D eigenvalue weighted by Gasteiger charge is -2.07. The molecule has 22 heavy (non-hydrogen) atoms. The van der Waals surface area contributed by atoms with Gasteiger partial charge in [-0.25, -0.2) is 4.98 Å². The second kappa shape index (κ2) is 6.91. The van der Waals surface area contributed by atoms with Crippen molar-refractivity contribution in [2.75, 3.05) is 11.1 Å². The lowest BCUT2D eigenvalue weighted by atomic mass is 10.2. The number of anilines is 1. The molecule has 0 radical (unpaired) electrons. The summed E-state index contributed by atoms with van der Waals surface area (Å²) in [6.07, 6.45) is 0. The Morgan fingerprint density at radius 1 is 1.41 bits per heavy atom. The zero-order chi connectivity index (χ0) is 16.1. The minimum Gasteiger partial charge on any atom is -0.324 e. The fourth-order valence-electron chi connectivity index (χ4n) is 1.70. The van der Waals surface area contributed by atoms with Gasteiger partial charge in [-0.2, -0.15) is 5.26 Å². The van der Waals surface area contributed by atoms with Crippen molar-refractivity contribution in [1.82, 2.24) is 9.97 Å². The van der Waals surface area contributed by atoms with Crippen LogP contribution in [0.3, 0.4) is 0 Å². The monoisotopic (exact) mass is 314 g/mol. The first-order valence-electron chi connectivity index (χ1n) is 6.50. The second-order valence-corrected chi connectivity index (χ2v) is 5.54. The van der Waals surface area contributed by atoms with Crippen molar-refractivity contribution in [3.05, 3.63) is 51.4 Å². The third-order valence-corrected chi connectivity index (χ3v) is 3.91. The molecular formula is C15H14N4O2S. The number of thioether (sulfide) groups is 1. The number of carbonyl (C=O) groups is 1. The minimum atomic E-state index is -0.270.